The minimum absolute atomic E-state index is 0. The maximum Gasteiger partial charge on any atom is 0.168 e. The van der Waals surface area contributed by atoms with Crippen LogP contribution < -0.4 is 4.57 Å². The Hall–Kier alpha value is -0.890. The first-order valence-electron chi connectivity index (χ1n) is 3.87. The molecule has 1 aromatic heterocycles. The van der Waals surface area contributed by atoms with Crippen LogP contribution in [0.4, 0.5) is 0 Å². The Kier molecular flexibility index (Phi) is 5.39. The van der Waals surface area contributed by atoms with Crippen LogP contribution in [0.3, 0.4) is 0 Å². The summed E-state index contributed by atoms with van der Waals surface area (Å²) in [5.74, 6) is 0. The van der Waals surface area contributed by atoms with Crippen LogP contribution in [0, 0.1) is 0 Å². The molecule has 0 aromatic carbocycles. The van der Waals surface area contributed by atoms with Crippen molar-refractivity contribution in [2.75, 3.05) is 0 Å². The highest BCUT2D eigenvalue weighted by atomic mass is 16.0. The molecule has 0 amide bonds. The van der Waals surface area contributed by atoms with Crippen LogP contribution in [0.2, 0.25) is 0 Å². The average Bonchev–Trinajstić information content (AvgIpc) is 2.03. The van der Waals surface area contributed by atoms with Crippen LogP contribution in [0.1, 0.15) is 19.8 Å². The third-order valence-electron chi connectivity index (χ3n) is 1.55. The molecule has 0 atom stereocenters. The molecule has 0 unspecified atom stereocenters. The zero-order chi connectivity index (χ0) is 7.23. The molecule has 0 aliphatic rings. The van der Waals surface area contributed by atoms with Gasteiger partial charge < -0.3 is 5.48 Å². The van der Waals surface area contributed by atoms with Gasteiger partial charge in [-0.05, 0) is 0 Å². The van der Waals surface area contributed by atoms with E-state index in [0.717, 1.165) is 6.54 Å². The van der Waals surface area contributed by atoms with E-state index in [2.05, 4.69) is 36.0 Å². The third kappa shape index (κ3) is 3.73. The molecule has 1 aromatic rings. The maximum absolute atomic E-state index is 2.21. The van der Waals surface area contributed by atoms with Crippen molar-refractivity contribution in [1.82, 2.24) is 0 Å². The first-order chi connectivity index (χ1) is 4.93. The molecule has 0 spiro atoms. The third-order valence-corrected chi connectivity index (χ3v) is 1.55. The summed E-state index contributed by atoms with van der Waals surface area (Å²) in [6.07, 6.45) is 6.75. The van der Waals surface area contributed by atoms with Gasteiger partial charge >= 0.3 is 0 Å². The zero-order valence-electron chi connectivity index (χ0n) is 6.96. The minimum atomic E-state index is 0. The van der Waals surface area contributed by atoms with Crippen molar-refractivity contribution in [3.63, 3.8) is 0 Å². The summed E-state index contributed by atoms with van der Waals surface area (Å²) in [4.78, 5) is 0. The van der Waals surface area contributed by atoms with E-state index in [-0.39, 0.29) is 5.48 Å². The molecule has 0 saturated heterocycles. The predicted molar refractivity (Wildman–Crippen MR) is 45.2 cm³/mol. The number of hydrogen-bond acceptors (Lipinski definition) is 0. The van der Waals surface area contributed by atoms with E-state index >= 15 is 0 Å². The number of hydrogen-bond donors (Lipinski definition) is 0. The molecule has 2 heteroatoms. The van der Waals surface area contributed by atoms with Gasteiger partial charge in [0.05, 0.1) is 0 Å². The second kappa shape index (κ2) is 5.86. The summed E-state index contributed by atoms with van der Waals surface area (Å²) >= 11 is 0. The number of aromatic nitrogens is 1. The summed E-state index contributed by atoms with van der Waals surface area (Å²) < 4.78 is 2.21. The van der Waals surface area contributed by atoms with Gasteiger partial charge in [-0.3, -0.25) is 0 Å². The van der Waals surface area contributed by atoms with Gasteiger partial charge in [0.15, 0.2) is 12.4 Å². The van der Waals surface area contributed by atoms with Crippen LogP contribution >= 0.6 is 0 Å². The number of nitrogens with zero attached hydrogens (tertiary/aromatic N) is 1. The van der Waals surface area contributed by atoms with Gasteiger partial charge in [-0.1, -0.05) is 19.4 Å². The molecule has 1 rings (SSSR count). The molecule has 0 aliphatic carbocycles. The van der Waals surface area contributed by atoms with Gasteiger partial charge in [0.25, 0.3) is 0 Å². The Balaban J connectivity index is 0.000001000. The first-order valence-corrected chi connectivity index (χ1v) is 3.87. The maximum atomic E-state index is 2.21. The van der Waals surface area contributed by atoms with Gasteiger partial charge in [-0.2, -0.15) is 0 Å². The van der Waals surface area contributed by atoms with E-state index in [1.807, 2.05) is 6.07 Å². The summed E-state index contributed by atoms with van der Waals surface area (Å²) in [6.45, 7) is 3.36. The van der Waals surface area contributed by atoms with Crippen molar-refractivity contribution < 1.29 is 10.0 Å². The fourth-order valence-corrected chi connectivity index (χ4v) is 0.924. The lowest BCUT2D eigenvalue weighted by atomic mass is 10.3. The fourth-order valence-electron chi connectivity index (χ4n) is 0.924. The molecule has 62 valence electrons. The normalized spacial score (nSPS) is 8.82. The Morgan fingerprint density at radius 2 is 1.73 bits per heavy atom. The number of unbranched alkanes of at least 4 members (excludes halogenated alkanes) is 1. The number of pyridine rings is 1. The zero-order valence-corrected chi connectivity index (χ0v) is 6.96. The van der Waals surface area contributed by atoms with Crippen LogP contribution in [0.25, 0.3) is 0 Å². The van der Waals surface area contributed by atoms with Crippen molar-refractivity contribution in [2.24, 2.45) is 0 Å². The average molecular weight is 154 g/mol. The van der Waals surface area contributed by atoms with Crippen LogP contribution in [-0.4, -0.2) is 5.48 Å². The molecule has 2 nitrogen and oxygen atoms in total. The van der Waals surface area contributed by atoms with E-state index < -0.39 is 0 Å². The largest absolute Gasteiger partial charge is 0.412 e. The molecular weight excluding hydrogens is 138 g/mol. The lowest BCUT2D eigenvalue weighted by Crippen LogP contribution is -2.31. The standard InChI is InChI=1S/C9H14N.H2O/c1-2-3-7-10-8-5-4-6-9-10;/h4-6,8-9H,2-3,7H2,1H3;1H2/q+1;. The van der Waals surface area contributed by atoms with E-state index in [1.54, 1.807) is 0 Å². The van der Waals surface area contributed by atoms with E-state index in [9.17, 15) is 0 Å². The van der Waals surface area contributed by atoms with Gasteiger partial charge in [0, 0.05) is 18.6 Å². The minimum Gasteiger partial charge on any atom is -0.412 e. The predicted octanol–water partition coefficient (Wildman–Crippen LogP) is 0.950. The number of rotatable bonds is 3. The topological polar surface area (TPSA) is 35.4 Å². The second-order valence-electron chi connectivity index (χ2n) is 2.47. The quantitative estimate of drug-likeness (QED) is 0.581. The molecule has 0 saturated carbocycles. The lowest BCUT2D eigenvalue weighted by molar-refractivity contribution is -0.697. The van der Waals surface area contributed by atoms with Crippen molar-refractivity contribution in [2.45, 2.75) is 26.3 Å². The van der Waals surface area contributed by atoms with Crippen molar-refractivity contribution in [1.29, 1.82) is 0 Å². The van der Waals surface area contributed by atoms with Crippen molar-refractivity contribution in [3.8, 4) is 0 Å². The summed E-state index contributed by atoms with van der Waals surface area (Å²) in [5, 5.41) is 0. The van der Waals surface area contributed by atoms with E-state index in [0.29, 0.717) is 0 Å². The van der Waals surface area contributed by atoms with Crippen molar-refractivity contribution in [3.05, 3.63) is 30.6 Å². The van der Waals surface area contributed by atoms with Crippen LogP contribution in [0.15, 0.2) is 30.6 Å². The van der Waals surface area contributed by atoms with Crippen molar-refractivity contribution >= 4 is 0 Å². The Morgan fingerprint density at radius 3 is 2.27 bits per heavy atom. The molecule has 0 bridgehead atoms. The molecule has 0 aliphatic heterocycles. The SMILES string of the molecule is CCCC[n+]1ccccc1.O. The molecule has 1 heterocycles. The van der Waals surface area contributed by atoms with E-state index in [1.165, 1.54) is 12.8 Å². The molecule has 0 fully saturated rings. The molecular formula is C9H16NO+. The molecule has 2 N–H and O–H groups in total. The van der Waals surface area contributed by atoms with Crippen LogP contribution in [-0.2, 0) is 6.54 Å². The lowest BCUT2D eigenvalue weighted by Gasteiger charge is -1.91. The smallest absolute Gasteiger partial charge is 0.168 e. The summed E-state index contributed by atoms with van der Waals surface area (Å²) in [7, 11) is 0. The van der Waals surface area contributed by atoms with Gasteiger partial charge in [-0.15, -0.1) is 0 Å². The Morgan fingerprint density at radius 1 is 1.09 bits per heavy atom. The molecule has 11 heavy (non-hydrogen) atoms. The van der Waals surface area contributed by atoms with E-state index in [4.69, 9.17) is 0 Å². The first kappa shape index (κ1) is 10.1. The molecule has 0 radical (unpaired) electrons. The fraction of sp³-hybridized carbons (Fsp3) is 0.444. The Labute approximate surface area is 67.8 Å². The van der Waals surface area contributed by atoms with Gasteiger partial charge in [0.2, 0.25) is 0 Å². The van der Waals surface area contributed by atoms with Crippen LogP contribution in [0.5, 0.6) is 0 Å². The Bertz CT molecular complexity index is 174. The monoisotopic (exact) mass is 154 g/mol. The summed E-state index contributed by atoms with van der Waals surface area (Å²) in [5.41, 5.74) is 0. The highest BCUT2D eigenvalue weighted by Crippen LogP contribution is 1.85. The van der Waals surface area contributed by atoms with Gasteiger partial charge in [-0.25, -0.2) is 4.57 Å². The highest BCUT2D eigenvalue weighted by Gasteiger charge is 1.93. The second-order valence-corrected chi connectivity index (χ2v) is 2.47. The highest BCUT2D eigenvalue weighted by molar-refractivity contribution is 4.83. The number of aryl methyl sites for hydroxylation is 1. The summed E-state index contributed by atoms with van der Waals surface area (Å²) in [6, 6.07) is 6.17. The van der Waals surface area contributed by atoms with Gasteiger partial charge in [0.1, 0.15) is 6.54 Å².